The van der Waals surface area contributed by atoms with Crippen molar-refractivity contribution in [1.29, 1.82) is 0 Å². The molecule has 4 aromatic rings. The zero-order chi connectivity index (χ0) is 55.2. The van der Waals surface area contributed by atoms with Gasteiger partial charge in [0.05, 0.1) is 54.2 Å². The molecule has 3 unspecified atom stereocenters. The number of rotatable bonds is 26. The largest absolute Gasteiger partial charge is 0.493 e. The first-order chi connectivity index (χ1) is 37.2. The van der Waals surface area contributed by atoms with Crippen LogP contribution in [0.2, 0.25) is 0 Å². The van der Waals surface area contributed by atoms with Gasteiger partial charge in [0.25, 0.3) is 11.8 Å². The van der Waals surface area contributed by atoms with Gasteiger partial charge in [0.1, 0.15) is 23.9 Å². The molecule has 20 nitrogen and oxygen atoms in total. The molecule has 3 aliphatic heterocycles. The average Bonchev–Trinajstić information content (AvgIpc) is 3.70. The number of ether oxygens (including phenoxy) is 8. The third-order valence-corrected chi connectivity index (χ3v) is 14.2. The third-order valence-electron chi connectivity index (χ3n) is 14.2. The molecule has 6 atom stereocenters. The molecule has 4 aromatic carbocycles. The number of amides is 5. The number of nitrogens with zero attached hydrogens (tertiary/aromatic N) is 2. The fraction of sp³-hybridized carbons (Fsp3) is 0.474. The van der Waals surface area contributed by atoms with Crippen LogP contribution < -0.4 is 44.4 Å². The van der Waals surface area contributed by atoms with Gasteiger partial charge < -0.3 is 58.5 Å². The lowest BCUT2D eigenvalue weighted by atomic mass is 9.91. The second kappa shape index (κ2) is 27.0. The van der Waals surface area contributed by atoms with Crippen molar-refractivity contribution in [3.05, 3.63) is 101 Å². The summed E-state index contributed by atoms with van der Waals surface area (Å²) in [4.78, 5) is 82.1. The van der Waals surface area contributed by atoms with Crippen LogP contribution in [-0.4, -0.2) is 137 Å². The molecule has 0 saturated carbocycles. The van der Waals surface area contributed by atoms with E-state index in [1.165, 1.54) is 21.3 Å². The lowest BCUT2D eigenvalue weighted by Gasteiger charge is -2.37. The Bertz CT molecular complexity index is 2730. The fourth-order valence-corrected chi connectivity index (χ4v) is 10.0. The number of aliphatic hydroxyl groups excluding tert-OH is 1. The first-order valence-electron chi connectivity index (χ1n) is 26.1. The Morgan fingerprint density at radius 3 is 2.26 bits per heavy atom. The normalized spacial score (nSPS) is 18.3. The molecular formula is C57H71N5O15. The van der Waals surface area contributed by atoms with E-state index in [1.54, 1.807) is 67.7 Å². The standard InChI is InChI=1S/C57H71N5O15/c1-8-40(37-30-48(72-5)52(74-7)49(31-37)73-6)54(66)61-26-10-9-14-44(61)57(69)77-45(20-15-35-16-21-46(70-3)47(28-35)71-4)36-12-11-13-39(29-36)76-33-51(64)59-24-23-34(2)75-27-25-58-38-17-18-41-42(32-38)56(68)62(55(41)67)43-19-22-50(63)60-53(43)65/h11-13,16-18,21,28-32,34,40,43-45,55,58,67H,8-10,14-15,19-20,22-27,33H2,1-7H3,(H,59,64)(H,60,63,65)/t34?,40-,43?,44-,45+,55?/m0/s1. The highest BCUT2D eigenvalue weighted by Gasteiger charge is 2.44. The summed E-state index contributed by atoms with van der Waals surface area (Å²) in [5.41, 5.74) is 3.54. The maximum Gasteiger partial charge on any atom is 0.329 e. The fourth-order valence-electron chi connectivity index (χ4n) is 10.0. The van der Waals surface area contributed by atoms with E-state index < -0.39 is 54.0 Å². The summed E-state index contributed by atoms with van der Waals surface area (Å²) in [5, 5.41) is 19.2. The molecular weight excluding hydrogens is 995 g/mol. The first kappa shape index (κ1) is 57.1. The van der Waals surface area contributed by atoms with Gasteiger partial charge in [0.15, 0.2) is 35.8 Å². The van der Waals surface area contributed by atoms with Crippen LogP contribution in [0.25, 0.3) is 0 Å². The van der Waals surface area contributed by atoms with Gasteiger partial charge in [-0.1, -0.05) is 31.2 Å². The number of carbonyl (C=O) groups is 6. The van der Waals surface area contributed by atoms with Crippen molar-refractivity contribution in [2.24, 2.45) is 0 Å². The van der Waals surface area contributed by atoms with E-state index in [0.717, 1.165) is 23.3 Å². The molecule has 0 aliphatic carbocycles. The predicted molar refractivity (Wildman–Crippen MR) is 282 cm³/mol. The van der Waals surface area contributed by atoms with Gasteiger partial charge in [0.2, 0.25) is 23.5 Å². The molecule has 2 fully saturated rings. The number of aliphatic hydroxyl groups is 1. The van der Waals surface area contributed by atoms with Crippen molar-refractivity contribution in [2.45, 2.75) is 108 Å². The lowest BCUT2D eigenvalue weighted by Crippen LogP contribution is -2.53. The molecule has 4 N–H and O–H groups in total. The number of aryl methyl sites for hydroxylation is 1. The number of benzene rings is 4. The molecule has 3 heterocycles. The Labute approximate surface area is 448 Å². The van der Waals surface area contributed by atoms with Crippen molar-refractivity contribution >= 4 is 41.2 Å². The molecule has 5 amide bonds. The number of nitrogens with one attached hydrogen (secondary N) is 3. The van der Waals surface area contributed by atoms with Crippen LogP contribution in [-0.2, 0) is 39.9 Å². The highest BCUT2D eigenvalue weighted by molar-refractivity contribution is 6.06. The number of hydrogen-bond donors (Lipinski definition) is 4. The van der Waals surface area contributed by atoms with Crippen LogP contribution in [0.5, 0.6) is 34.5 Å². The van der Waals surface area contributed by atoms with E-state index in [2.05, 4.69) is 16.0 Å². The van der Waals surface area contributed by atoms with Gasteiger partial charge in [0, 0.05) is 42.9 Å². The Hall–Kier alpha value is -7.58. The van der Waals surface area contributed by atoms with E-state index in [4.69, 9.17) is 37.9 Å². The Balaban J connectivity index is 0.928. The summed E-state index contributed by atoms with van der Waals surface area (Å²) >= 11 is 0. The quantitative estimate of drug-likeness (QED) is 0.0312. The zero-order valence-electron chi connectivity index (χ0n) is 44.8. The lowest BCUT2D eigenvalue weighted by molar-refractivity contribution is -0.162. The maximum atomic E-state index is 14.5. The second-order valence-corrected chi connectivity index (χ2v) is 19.1. The van der Waals surface area contributed by atoms with Gasteiger partial charge in [-0.3, -0.25) is 34.2 Å². The number of likely N-dealkylation sites (tertiary alicyclic amines) is 1. The number of fused-ring (bicyclic) bond motifs is 1. The van der Waals surface area contributed by atoms with Gasteiger partial charge in [-0.25, -0.2) is 4.79 Å². The summed E-state index contributed by atoms with van der Waals surface area (Å²) in [7, 11) is 7.70. The minimum absolute atomic E-state index is 0.0795. The van der Waals surface area contributed by atoms with Gasteiger partial charge in [-0.2, -0.15) is 0 Å². The maximum absolute atomic E-state index is 14.5. The van der Waals surface area contributed by atoms with Crippen LogP contribution in [0.3, 0.4) is 0 Å². The highest BCUT2D eigenvalue weighted by atomic mass is 16.5. The van der Waals surface area contributed by atoms with Crippen molar-refractivity contribution in [1.82, 2.24) is 20.4 Å². The molecule has 414 valence electrons. The van der Waals surface area contributed by atoms with Crippen LogP contribution in [0.4, 0.5) is 5.69 Å². The van der Waals surface area contributed by atoms with Crippen LogP contribution >= 0.6 is 0 Å². The average molecular weight is 1070 g/mol. The smallest absolute Gasteiger partial charge is 0.329 e. The summed E-state index contributed by atoms with van der Waals surface area (Å²) in [5.74, 6) is -0.354. The predicted octanol–water partition coefficient (Wildman–Crippen LogP) is 6.18. The van der Waals surface area contributed by atoms with Gasteiger partial charge >= 0.3 is 5.97 Å². The molecule has 0 bridgehead atoms. The van der Waals surface area contributed by atoms with Crippen molar-refractivity contribution in [3.8, 4) is 34.5 Å². The second-order valence-electron chi connectivity index (χ2n) is 19.1. The van der Waals surface area contributed by atoms with E-state index in [9.17, 15) is 33.9 Å². The first-order valence-corrected chi connectivity index (χ1v) is 26.1. The number of piperidine rings is 2. The topological polar surface area (TPSA) is 239 Å². The monoisotopic (exact) mass is 1070 g/mol. The minimum Gasteiger partial charge on any atom is -0.493 e. The Morgan fingerprint density at radius 1 is 0.805 bits per heavy atom. The van der Waals surface area contributed by atoms with Crippen LogP contribution in [0.1, 0.15) is 116 Å². The van der Waals surface area contributed by atoms with Gasteiger partial charge in [-0.05, 0) is 124 Å². The molecule has 3 aliphatic rings. The Kier molecular flexibility index (Phi) is 20.0. The highest BCUT2D eigenvalue weighted by Crippen LogP contribution is 2.42. The molecule has 0 aromatic heterocycles. The molecule has 0 radical (unpaired) electrons. The van der Waals surface area contributed by atoms with E-state index >= 15 is 0 Å². The number of hydrogen-bond acceptors (Lipinski definition) is 16. The van der Waals surface area contributed by atoms with E-state index in [1.807, 2.05) is 38.1 Å². The number of methoxy groups -OCH3 is 5. The van der Waals surface area contributed by atoms with Crippen LogP contribution in [0, 0.1) is 0 Å². The van der Waals surface area contributed by atoms with Crippen LogP contribution in [0.15, 0.2) is 72.8 Å². The number of carbonyl (C=O) groups excluding carboxylic acids is 6. The number of imide groups is 1. The number of anilines is 1. The third kappa shape index (κ3) is 13.9. The summed E-state index contributed by atoms with van der Waals surface area (Å²) in [6, 6.07) is 19.5. The minimum atomic E-state index is -1.30. The van der Waals surface area contributed by atoms with Crippen molar-refractivity contribution < 1.29 is 71.8 Å². The number of esters is 1. The van der Waals surface area contributed by atoms with E-state index in [-0.39, 0.29) is 42.9 Å². The Morgan fingerprint density at radius 2 is 1.56 bits per heavy atom. The molecule has 7 rings (SSSR count). The summed E-state index contributed by atoms with van der Waals surface area (Å²) in [6.45, 7) is 4.99. The molecule has 2 saturated heterocycles. The molecule has 20 heteroatoms. The zero-order valence-corrected chi connectivity index (χ0v) is 44.8. The van der Waals surface area contributed by atoms with Crippen molar-refractivity contribution in [3.63, 3.8) is 0 Å². The SMILES string of the molecule is CC[C@H](C(=O)N1CCCC[C@H]1C(=O)O[C@H](CCc1ccc(OC)c(OC)c1)c1cccc(OCC(=O)NCCC(C)OCCNc2ccc3c(c2)C(=O)N(C2CCC(=O)NC2=O)C3O)c1)c1cc(OC)c(OC)c(OC)c1. The van der Waals surface area contributed by atoms with Crippen molar-refractivity contribution in [2.75, 3.05) is 73.7 Å². The summed E-state index contributed by atoms with van der Waals surface area (Å²) < 4.78 is 46.1. The van der Waals surface area contributed by atoms with E-state index in [0.29, 0.717) is 115 Å². The van der Waals surface area contributed by atoms with Gasteiger partial charge in [-0.15, -0.1) is 0 Å². The summed E-state index contributed by atoms with van der Waals surface area (Å²) in [6.07, 6.45) is 1.70. The molecule has 0 spiro atoms. The molecule has 77 heavy (non-hydrogen) atoms.